The first-order valence-corrected chi connectivity index (χ1v) is 10.5. The van der Waals surface area contributed by atoms with Crippen molar-refractivity contribution in [3.63, 3.8) is 0 Å². The van der Waals surface area contributed by atoms with Gasteiger partial charge in [0, 0.05) is 0 Å². The second kappa shape index (κ2) is 7.28. The van der Waals surface area contributed by atoms with Gasteiger partial charge in [0.15, 0.2) is 11.5 Å². The molecule has 3 heterocycles. The highest BCUT2D eigenvalue weighted by Crippen LogP contribution is 2.39. The molecule has 2 aromatic heterocycles. The molecule has 0 saturated carbocycles. The average Bonchev–Trinajstić information content (AvgIpc) is 3.36. The van der Waals surface area contributed by atoms with E-state index in [2.05, 4.69) is 33.8 Å². The van der Waals surface area contributed by atoms with Crippen LogP contribution in [0.1, 0.15) is 61.7 Å². The minimum Gasteiger partial charge on any atom is -0.484 e. The van der Waals surface area contributed by atoms with Gasteiger partial charge in [0.2, 0.25) is 0 Å². The molecule has 3 aromatic rings. The van der Waals surface area contributed by atoms with Gasteiger partial charge in [-0.05, 0) is 62.4 Å². The molecule has 30 heavy (non-hydrogen) atoms. The van der Waals surface area contributed by atoms with Gasteiger partial charge < -0.3 is 21.1 Å². The number of rotatable bonds is 4. The summed E-state index contributed by atoms with van der Waals surface area (Å²) in [5.74, 6) is 1.68. The van der Waals surface area contributed by atoms with Crippen molar-refractivity contribution >= 4 is 11.7 Å². The van der Waals surface area contributed by atoms with Crippen LogP contribution in [0.15, 0.2) is 42.6 Å². The maximum atomic E-state index is 11.4. The largest absolute Gasteiger partial charge is 0.484 e. The van der Waals surface area contributed by atoms with E-state index in [1.807, 2.05) is 40.9 Å². The van der Waals surface area contributed by atoms with Gasteiger partial charge in [-0.15, -0.1) is 10.2 Å². The summed E-state index contributed by atoms with van der Waals surface area (Å²) in [5, 5.41) is 15.2. The van der Waals surface area contributed by atoms with Crippen LogP contribution in [0.2, 0.25) is 0 Å². The number of carbonyl (C=O) groups excluding carboxylic acids is 1. The van der Waals surface area contributed by atoms with Gasteiger partial charge in [0.05, 0.1) is 17.8 Å². The lowest BCUT2D eigenvalue weighted by Crippen LogP contribution is -2.36. The minimum absolute atomic E-state index is 0.0844. The molecule has 0 radical (unpaired) electrons. The van der Waals surface area contributed by atoms with Crippen molar-refractivity contribution in [3.8, 4) is 5.75 Å². The molecular formula is C22H26N6O2. The summed E-state index contributed by atoms with van der Waals surface area (Å²) in [6, 6.07) is 11.3. The van der Waals surface area contributed by atoms with E-state index in [1.54, 1.807) is 0 Å². The molecule has 1 aliphatic heterocycles. The van der Waals surface area contributed by atoms with Crippen molar-refractivity contribution in [1.82, 2.24) is 25.2 Å². The normalized spacial score (nSPS) is 25.8. The van der Waals surface area contributed by atoms with Gasteiger partial charge in [-0.1, -0.05) is 24.3 Å². The second-order valence-corrected chi connectivity index (χ2v) is 8.35. The topological polar surface area (TPSA) is 107 Å². The van der Waals surface area contributed by atoms with Crippen molar-refractivity contribution in [2.75, 3.05) is 6.54 Å². The Hall–Kier alpha value is -3.13. The van der Waals surface area contributed by atoms with Crippen LogP contribution in [-0.2, 0) is 5.54 Å². The van der Waals surface area contributed by atoms with E-state index >= 15 is 0 Å². The molecule has 1 fully saturated rings. The van der Waals surface area contributed by atoms with Gasteiger partial charge in [-0.25, -0.2) is 4.79 Å². The lowest BCUT2D eigenvalue weighted by Gasteiger charge is -2.32. The van der Waals surface area contributed by atoms with Crippen LogP contribution < -0.4 is 21.1 Å². The highest BCUT2D eigenvalue weighted by atomic mass is 16.5. The zero-order valence-corrected chi connectivity index (χ0v) is 17.0. The number of benzene rings is 1. The first kappa shape index (κ1) is 18.9. The SMILES string of the molecule is C[C@@]1(c2nnc3ccc(O[C@@H]4CC[C@H](NC(N)=O)c5ccccc54)cn23)CCCN1. The molecule has 156 valence electrons. The fourth-order valence-corrected chi connectivity index (χ4v) is 4.76. The number of carbonyl (C=O) groups is 1. The van der Waals surface area contributed by atoms with Crippen molar-refractivity contribution in [3.05, 3.63) is 59.5 Å². The van der Waals surface area contributed by atoms with E-state index in [9.17, 15) is 4.79 Å². The lowest BCUT2D eigenvalue weighted by atomic mass is 9.85. The highest BCUT2D eigenvalue weighted by molar-refractivity contribution is 5.72. The number of ether oxygens (including phenoxy) is 1. The summed E-state index contributed by atoms with van der Waals surface area (Å²) >= 11 is 0. The Bertz CT molecular complexity index is 1090. The molecular weight excluding hydrogens is 380 g/mol. The molecule has 1 saturated heterocycles. The zero-order valence-electron chi connectivity index (χ0n) is 17.0. The number of primary amides is 1. The summed E-state index contributed by atoms with van der Waals surface area (Å²) < 4.78 is 8.45. The first-order valence-electron chi connectivity index (χ1n) is 10.5. The number of aromatic nitrogens is 3. The molecule has 0 spiro atoms. The fraction of sp³-hybridized carbons (Fsp3) is 0.409. The van der Waals surface area contributed by atoms with Gasteiger partial charge in [0.1, 0.15) is 11.9 Å². The molecule has 8 heteroatoms. The predicted molar refractivity (Wildman–Crippen MR) is 112 cm³/mol. The molecule has 0 bridgehead atoms. The molecule has 8 nitrogen and oxygen atoms in total. The van der Waals surface area contributed by atoms with E-state index in [0.717, 1.165) is 60.6 Å². The lowest BCUT2D eigenvalue weighted by molar-refractivity contribution is 0.171. The summed E-state index contributed by atoms with van der Waals surface area (Å²) in [6.45, 7) is 3.16. The standard InChI is InChI=1S/C22H26N6O2/c1-22(11-4-12-24-22)20-27-26-19-10-7-14(13-28(19)20)30-18-9-8-17(25-21(23)29)15-5-2-3-6-16(15)18/h2-3,5-7,10,13,17-18,24H,4,8-9,11-12H2,1H3,(H3,23,25,29)/t17-,18+,22-/m0/s1. The van der Waals surface area contributed by atoms with Gasteiger partial charge in [-0.2, -0.15) is 0 Å². The number of urea groups is 1. The van der Waals surface area contributed by atoms with Crippen molar-refractivity contribution < 1.29 is 9.53 Å². The number of fused-ring (bicyclic) bond motifs is 2. The summed E-state index contributed by atoms with van der Waals surface area (Å²) in [4.78, 5) is 11.4. The molecule has 1 aliphatic carbocycles. The fourth-order valence-electron chi connectivity index (χ4n) is 4.76. The third kappa shape index (κ3) is 3.27. The third-order valence-corrected chi connectivity index (χ3v) is 6.27. The van der Waals surface area contributed by atoms with Crippen molar-refractivity contribution in [1.29, 1.82) is 0 Å². The Labute approximate surface area is 174 Å². The van der Waals surface area contributed by atoms with Crippen molar-refractivity contribution in [2.45, 2.75) is 50.3 Å². The van der Waals surface area contributed by atoms with Gasteiger partial charge >= 0.3 is 6.03 Å². The summed E-state index contributed by atoms with van der Waals surface area (Å²) in [7, 11) is 0. The van der Waals surface area contributed by atoms with E-state index in [4.69, 9.17) is 10.5 Å². The Morgan fingerprint density at radius 2 is 2.07 bits per heavy atom. The van der Waals surface area contributed by atoms with Gasteiger partial charge in [0.25, 0.3) is 0 Å². The van der Waals surface area contributed by atoms with Crippen LogP contribution >= 0.6 is 0 Å². The highest BCUT2D eigenvalue weighted by Gasteiger charge is 2.35. The van der Waals surface area contributed by atoms with E-state index in [-0.39, 0.29) is 17.7 Å². The molecule has 2 amide bonds. The van der Waals surface area contributed by atoms with Gasteiger partial charge in [-0.3, -0.25) is 4.40 Å². The number of amides is 2. The van der Waals surface area contributed by atoms with Crippen LogP contribution in [0.5, 0.6) is 5.75 Å². The Kier molecular flexibility index (Phi) is 4.58. The third-order valence-electron chi connectivity index (χ3n) is 6.27. The zero-order chi connectivity index (χ0) is 20.7. The van der Waals surface area contributed by atoms with Crippen molar-refractivity contribution in [2.24, 2.45) is 5.73 Å². The van der Waals surface area contributed by atoms with Crippen LogP contribution in [0, 0.1) is 0 Å². The number of nitrogens with zero attached hydrogens (tertiary/aromatic N) is 3. The Balaban J connectivity index is 1.45. The minimum atomic E-state index is -0.506. The van der Waals surface area contributed by atoms with E-state index in [1.165, 1.54) is 0 Å². The maximum absolute atomic E-state index is 11.4. The monoisotopic (exact) mass is 406 g/mol. The summed E-state index contributed by atoms with van der Waals surface area (Å²) in [6.07, 6.45) is 5.60. The van der Waals surface area contributed by atoms with Crippen LogP contribution in [-0.4, -0.2) is 27.2 Å². The molecule has 1 aromatic carbocycles. The number of nitrogens with two attached hydrogens (primary N) is 1. The van der Waals surface area contributed by atoms with E-state index < -0.39 is 6.03 Å². The second-order valence-electron chi connectivity index (χ2n) is 8.35. The molecule has 2 aliphatic rings. The first-order chi connectivity index (χ1) is 14.5. The predicted octanol–water partition coefficient (Wildman–Crippen LogP) is 2.95. The van der Waals surface area contributed by atoms with E-state index in [0.29, 0.717) is 0 Å². The van der Waals surface area contributed by atoms with Crippen LogP contribution in [0.25, 0.3) is 5.65 Å². The quantitative estimate of drug-likeness (QED) is 0.618. The summed E-state index contributed by atoms with van der Waals surface area (Å²) in [5.41, 5.74) is 8.12. The average molecular weight is 406 g/mol. The number of nitrogens with one attached hydrogen (secondary N) is 2. The Morgan fingerprint density at radius 1 is 1.23 bits per heavy atom. The molecule has 0 unspecified atom stereocenters. The smallest absolute Gasteiger partial charge is 0.312 e. The number of hydrogen-bond donors (Lipinski definition) is 3. The number of pyridine rings is 1. The molecule has 5 rings (SSSR count). The number of hydrogen-bond acceptors (Lipinski definition) is 5. The molecule has 4 N–H and O–H groups in total. The maximum Gasteiger partial charge on any atom is 0.312 e. The van der Waals surface area contributed by atoms with Crippen LogP contribution in [0.4, 0.5) is 4.79 Å². The molecule has 3 atom stereocenters. The Morgan fingerprint density at radius 3 is 2.83 bits per heavy atom. The van der Waals surface area contributed by atoms with Crippen LogP contribution in [0.3, 0.4) is 0 Å².